The van der Waals surface area contributed by atoms with Gasteiger partial charge in [-0.25, -0.2) is 9.78 Å². The zero-order valence-electron chi connectivity index (χ0n) is 22.0. The first-order valence-corrected chi connectivity index (χ1v) is 12.4. The molecule has 41 heavy (non-hydrogen) atoms. The zero-order valence-corrected chi connectivity index (χ0v) is 22.0. The molecule has 5 rings (SSSR count). The Balaban J connectivity index is 1.53. The normalized spacial score (nSPS) is 16.4. The predicted octanol–water partition coefficient (Wildman–Crippen LogP) is 4.59. The van der Waals surface area contributed by atoms with Crippen LogP contribution < -0.4 is 10.6 Å². The molecule has 0 saturated heterocycles. The average molecular weight is 571 g/mol. The average Bonchev–Trinajstić information content (AvgIpc) is 3.50. The van der Waals surface area contributed by atoms with Gasteiger partial charge in [0.1, 0.15) is 11.4 Å². The van der Waals surface area contributed by atoms with Gasteiger partial charge in [-0.15, -0.1) is 10.2 Å². The van der Waals surface area contributed by atoms with Crippen molar-refractivity contribution in [2.24, 2.45) is 0 Å². The van der Waals surface area contributed by atoms with Gasteiger partial charge in [0.05, 0.1) is 23.8 Å². The largest absolute Gasteiger partial charge is 0.451 e. The van der Waals surface area contributed by atoms with E-state index in [-0.39, 0.29) is 23.9 Å². The number of cyclic esters (lactones) is 1. The summed E-state index contributed by atoms with van der Waals surface area (Å²) in [5, 5.41) is 33.2. The summed E-state index contributed by atoms with van der Waals surface area (Å²) >= 11 is 0. The number of nitrogens with zero attached hydrogens (tertiary/aromatic N) is 4. The second kappa shape index (κ2) is 10.1. The highest BCUT2D eigenvalue weighted by Crippen LogP contribution is 2.40. The number of ether oxygens (including phenoxy) is 1. The van der Waals surface area contributed by atoms with Gasteiger partial charge in [-0.3, -0.25) is 0 Å². The number of halogens is 3. The Hall–Kier alpha value is -4.56. The molecule has 0 spiro atoms. The van der Waals surface area contributed by atoms with Gasteiger partial charge in [-0.2, -0.15) is 18.2 Å². The van der Waals surface area contributed by atoms with Crippen LogP contribution in [-0.2, 0) is 15.9 Å². The van der Waals surface area contributed by atoms with Crippen LogP contribution in [0.4, 0.5) is 30.6 Å². The third kappa shape index (κ3) is 5.30. The van der Waals surface area contributed by atoms with Crippen molar-refractivity contribution < 1.29 is 37.3 Å². The minimum atomic E-state index is -5.07. The Bertz CT molecular complexity index is 1590. The van der Waals surface area contributed by atoms with E-state index in [1.807, 2.05) is 0 Å². The van der Waals surface area contributed by atoms with Gasteiger partial charge in [0.15, 0.2) is 0 Å². The van der Waals surface area contributed by atoms with Crippen molar-refractivity contribution in [3.05, 3.63) is 77.3 Å². The van der Waals surface area contributed by atoms with Gasteiger partial charge in [0.2, 0.25) is 11.5 Å². The van der Waals surface area contributed by atoms with Crippen LogP contribution >= 0.6 is 0 Å². The fourth-order valence-electron chi connectivity index (χ4n) is 4.21. The van der Waals surface area contributed by atoms with E-state index < -0.39 is 41.2 Å². The van der Waals surface area contributed by atoms with Crippen LogP contribution in [-0.4, -0.2) is 49.1 Å². The van der Waals surface area contributed by atoms with Gasteiger partial charge < -0.3 is 30.0 Å². The summed E-state index contributed by atoms with van der Waals surface area (Å²) in [5.74, 6) is -1.76. The highest BCUT2D eigenvalue weighted by molar-refractivity contribution is 5.95. The number of esters is 1. The number of benzene rings is 2. The quantitative estimate of drug-likeness (QED) is 0.220. The number of alkyl halides is 3. The SMILES string of the molecule is CC1(C)OC(=O)c2ccc(Nc3ncc(-c4nnc(C(C)(O)C(F)(F)F)o4)c(NC(CO)c4ccccc4)n3)cc21. The molecule has 0 amide bonds. The molecular weight excluding hydrogens is 545 g/mol. The van der Waals surface area contributed by atoms with Crippen molar-refractivity contribution in [2.75, 3.05) is 17.2 Å². The van der Waals surface area contributed by atoms with Gasteiger partial charge in [0.25, 0.3) is 11.8 Å². The molecule has 0 saturated carbocycles. The van der Waals surface area contributed by atoms with Crippen molar-refractivity contribution in [3.63, 3.8) is 0 Å². The highest BCUT2D eigenvalue weighted by atomic mass is 19.4. The smallest absolute Gasteiger partial charge is 0.426 e. The Morgan fingerprint density at radius 1 is 1.07 bits per heavy atom. The lowest BCUT2D eigenvalue weighted by molar-refractivity contribution is -0.266. The number of rotatable bonds is 8. The Morgan fingerprint density at radius 3 is 2.49 bits per heavy atom. The van der Waals surface area contributed by atoms with E-state index in [1.54, 1.807) is 62.4 Å². The fraction of sp³-hybridized carbons (Fsp3) is 0.296. The van der Waals surface area contributed by atoms with Crippen LogP contribution in [0.2, 0.25) is 0 Å². The molecule has 0 bridgehead atoms. The number of anilines is 3. The summed E-state index contributed by atoms with van der Waals surface area (Å²) in [6, 6.07) is 13.2. The maximum atomic E-state index is 13.4. The molecule has 1 aliphatic heterocycles. The van der Waals surface area contributed by atoms with Crippen LogP contribution in [0.15, 0.2) is 59.1 Å². The summed E-state index contributed by atoms with van der Waals surface area (Å²) in [6.45, 7) is 3.67. The summed E-state index contributed by atoms with van der Waals surface area (Å²) < 4.78 is 50.7. The Kier molecular flexibility index (Phi) is 6.91. The van der Waals surface area contributed by atoms with Crippen LogP contribution in [0.1, 0.15) is 54.2 Å². The molecule has 1 aliphatic rings. The molecule has 2 unspecified atom stereocenters. The van der Waals surface area contributed by atoms with Crippen molar-refractivity contribution in [3.8, 4) is 11.5 Å². The molecule has 2 atom stereocenters. The lowest BCUT2D eigenvalue weighted by Crippen LogP contribution is -2.39. The summed E-state index contributed by atoms with van der Waals surface area (Å²) in [5.41, 5.74) is -1.85. The van der Waals surface area contributed by atoms with Gasteiger partial charge in [0, 0.05) is 17.4 Å². The summed E-state index contributed by atoms with van der Waals surface area (Å²) in [6.07, 6.45) is -3.82. The van der Waals surface area contributed by atoms with E-state index in [1.165, 1.54) is 6.20 Å². The molecule has 0 radical (unpaired) electrons. The number of aromatic nitrogens is 4. The maximum Gasteiger partial charge on any atom is 0.426 e. The van der Waals surface area contributed by atoms with Gasteiger partial charge in [-0.1, -0.05) is 30.3 Å². The molecular formula is C27H25F3N6O5. The fourth-order valence-corrected chi connectivity index (χ4v) is 4.21. The first-order valence-electron chi connectivity index (χ1n) is 12.4. The second-order valence-corrected chi connectivity index (χ2v) is 10.0. The standard InChI is InChI=1S/C27H25F3N6O5/c1-25(2)18-11-15(9-10-16(18)22(38)41-25)32-24-31-12-17(21-35-36-23(40-21)26(3,39)27(28,29)30)20(34-24)33-19(13-37)14-7-5-4-6-8-14/h4-12,19,37,39H,13H2,1-3H3,(H2,31,32,33,34). The van der Waals surface area contributed by atoms with E-state index in [4.69, 9.17) is 9.15 Å². The van der Waals surface area contributed by atoms with E-state index in [0.717, 1.165) is 0 Å². The number of hydrogen-bond donors (Lipinski definition) is 4. The van der Waals surface area contributed by atoms with Gasteiger partial charge in [-0.05, 0) is 44.5 Å². The maximum absolute atomic E-state index is 13.4. The number of nitrogens with one attached hydrogen (secondary N) is 2. The molecule has 214 valence electrons. The molecule has 14 heteroatoms. The van der Waals surface area contributed by atoms with Crippen molar-refractivity contribution >= 4 is 23.4 Å². The topological polar surface area (TPSA) is 156 Å². The van der Waals surface area contributed by atoms with Crippen LogP contribution in [0, 0.1) is 0 Å². The van der Waals surface area contributed by atoms with Crippen molar-refractivity contribution in [2.45, 2.75) is 44.2 Å². The number of carbonyl (C=O) groups excluding carboxylic acids is 1. The molecule has 4 aromatic rings. The Morgan fingerprint density at radius 2 is 1.80 bits per heavy atom. The van der Waals surface area contributed by atoms with Crippen LogP contribution in [0.5, 0.6) is 0 Å². The van der Waals surface area contributed by atoms with Crippen LogP contribution in [0.25, 0.3) is 11.5 Å². The lowest BCUT2D eigenvalue weighted by Gasteiger charge is -2.21. The minimum absolute atomic E-state index is 0.0238. The molecule has 3 heterocycles. The first kappa shape index (κ1) is 28.0. The number of aliphatic hydroxyl groups is 2. The Labute approximate surface area is 231 Å². The number of fused-ring (bicyclic) bond motifs is 1. The number of hydrogen-bond acceptors (Lipinski definition) is 11. The van der Waals surface area contributed by atoms with E-state index in [0.29, 0.717) is 29.3 Å². The highest BCUT2D eigenvalue weighted by Gasteiger charge is 2.55. The second-order valence-electron chi connectivity index (χ2n) is 10.0. The zero-order chi connectivity index (χ0) is 29.6. The van der Waals surface area contributed by atoms with Crippen molar-refractivity contribution in [1.29, 1.82) is 0 Å². The number of aliphatic hydroxyl groups excluding tert-OH is 1. The molecule has 4 N–H and O–H groups in total. The molecule has 0 aliphatic carbocycles. The molecule has 2 aromatic carbocycles. The predicted molar refractivity (Wildman–Crippen MR) is 139 cm³/mol. The summed E-state index contributed by atoms with van der Waals surface area (Å²) in [7, 11) is 0. The van der Waals surface area contributed by atoms with Crippen molar-refractivity contribution in [1.82, 2.24) is 20.2 Å². The lowest BCUT2D eigenvalue weighted by atomic mass is 9.95. The molecule has 0 fully saturated rings. The first-order chi connectivity index (χ1) is 19.3. The number of carbonyl (C=O) groups is 1. The van der Waals surface area contributed by atoms with E-state index >= 15 is 0 Å². The molecule has 11 nitrogen and oxygen atoms in total. The summed E-state index contributed by atoms with van der Waals surface area (Å²) in [4.78, 5) is 20.9. The minimum Gasteiger partial charge on any atom is -0.451 e. The van der Waals surface area contributed by atoms with Gasteiger partial charge >= 0.3 is 12.1 Å². The third-order valence-electron chi connectivity index (χ3n) is 6.60. The van der Waals surface area contributed by atoms with E-state index in [2.05, 4.69) is 30.8 Å². The third-order valence-corrected chi connectivity index (χ3v) is 6.60. The molecule has 2 aromatic heterocycles. The van der Waals surface area contributed by atoms with E-state index in [9.17, 15) is 28.2 Å². The monoisotopic (exact) mass is 570 g/mol. The van der Waals surface area contributed by atoms with Crippen LogP contribution in [0.3, 0.4) is 0 Å².